The van der Waals surface area contributed by atoms with Crippen LogP contribution in [0.2, 0.25) is 0 Å². The number of benzene rings is 1. The minimum absolute atomic E-state index is 0.0347. The van der Waals surface area contributed by atoms with Crippen molar-refractivity contribution in [2.24, 2.45) is 0 Å². The molecular weight excluding hydrogens is 166 g/mol. The molecule has 0 aliphatic rings. The third-order valence-electron chi connectivity index (χ3n) is 1.57. The minimum atomic E-state index is -0.0347. The quantitative estimate of drug-likeness (QED) is 0.532. The number of carbonyl (C=O) groups excluding carboxylic acids is 1. The van der Waals surface area contributed by atoms with E-state index >= 15 is 0 Å². The molecule has 68 valence electrons. The highest BCUT2D eigenvalue weighted by atomic mass is 16.3. The van der Waals surface area contributed by atoms with E-state index in [2.05, 4.69) is 0 Å². The van der Waals surface area contributed by atoms with Crippen molar-refractivity contribution in [2.75, 3.05) is 5.73 Å². The summed E-state index contributed by atoms with van der Waals surface area (Å²) in [7, 11) is 0. The van der Waals surface area contributed by atoms with Crippen molar-refractivity contribution < 1.29 is 9.90 Å². The van der Waals surface area contributed by atoms with Gasteiger partial charge in [0.25, 0.3) is 0 Å². The number of nitrogen functional groups attached to an aromatic ring is 1. The van der Waals surface area contributed by atoms with Gasteiger partial charge in [0.15, 0.2) is 5.78 Å². The van der Waals surface area contributed by atoms with Gasteiger partial charge in [0.1, 0.15) is 5.75 Å². The van der Waals surface area contributed by atoms with Crippen molar-refractivity contribution in [3.05, 3.63) is 29.8 Å². The fourth-order valence-corrected chi connectivity index (χ4v) is 0.921. The van der Waals surface area contributed by atoms with Crippen LogP contribution in [0, 0.1) is 0 Å². The molecule has 0 saturated carbocycles. The van der Waals surface area contributed by atoms with Crippen molar-refractivity contribution in [3.8, 4) is 5.75 Å². The molecule has 0 fully saturated rings. The molecule has 0 atom stereocenters. The van der Waals surface area contributed by atoms with E-state index in [-0.39, 0.29) is 11.5 Å². The lowest BCUT2D eigenvalue weighted by atomic mass is 10.1. The van der Waals surface area contributed by atoms with Crippen LogP contribution in [0.5, 0.6) is 5.75 Å². The number of nitrogens with two attached hydrogens (primary N) is 1. The second-order valence-electron chi connectivity index (χ2n) is 2.76. The Labute approximate surface area is 76.5 Å². The highest BCUT2D eigenvalue weighted by molar-refractivity contribution is 5.92. The summed E-state index contributed by atoms with van der Waals surface area (Å²) >= 11 is 0. The van der Waals surface area contributed by atoms with Gasteiger partial charge in [-0.15, -0.1) is 0 Å². The summed E-state index contributed by atoms with van der Waals surface area (Å²) in [5.41, 5.74) is 6.77. The number of phenolic OH excluding ortho intramolecular Hbond substituents is 1. The van der Waals surface area contributed by atoms with Crippen LogP contribution in [0.3, 0.4) is 0 Å². The molecule has 0 spiro atoms. The smallest absolute Gasteiger partial charge is 0.152 e. The first-order valence-electron chi connectivity index (χ1n) is 3.87. The number of anilines is 1. The van der Waals surface area contributed by atoms with Crippen molar-refractivity contribution in [1.82, 2.24) is 0 Å². The van der Waals surface area contributed by atoms with Gasteiger partial charge < -0.3 is 10.8 Å². The first-order chi connectivity index (χ1) is 6.09. The van der Waals surface area contributed by atoms with E-state index in [1.165, 1.54) is 25.1 Å². The molecule has 0 amide bonds. The van der Waals surface area contributed by atoms with Gasteiger partial charge >= 0.3 is 0 Å². The van der Waals surface area contributed by atoms with Gasteiger partial charge in [-0.2, -0.15) is 0 Å². The second-order valence-corrected chi connectivity index (χ2v) is 2.76. The molecule has 3 heteroatoms. The summed E-state index contributed by atoms with van der Waals surface area (Å²) in [6, 6.07) is 4.63. The fraction of sp³-hybridized carbons (Fsp3) is 0.100. The van der Waals surface area contributed by atoms with Crippen LogP contribution in [0.25, 0.3) is 6.08 Å². The number of allylic oxidation sites excluding steroid dienone is 1. The van der Waals surface area contributed by atoms with E-state index in [1.54, 1.807) is 12.1 Å². The third kappa shape index (κ3) is 2.63. The molecule has 0 bridgehead atoms. The first-order valence-corrected chi connectivity index (χ1v) is 3.87. The summed E-state index contributed by atoms with van der Waals surface area (Å²) in [6.45, 7) is 1.47. The van der Waals surface area contributed by atoms with E-state index in [4.69, 9.17) is 10.8 Å². The van der Waals surface area contributed by atoms with Crippen molar-refractivity contribution in [2.45, 2.75) is 6.92 Å². The van der Waals surface area contributed by atoms with Crippen LogP contribution in [0.4, 0.5) is 5.69 Å². The molecule has 0 radical (unpaired) electrons. The summed E-state index contributed by atoms with van der Waals surface area (Å²) in [5, 5.41) is 9.04. The van der Waals surface area contributed by atoms with Crippen LogP contribution in [0.1, 0.15) is 12.5 Å². The lowest BCUT2D eigenvalue weighted by Crippen LogP contribution is -1.89. The Hall–Kier alpha value is -1.77. The summed E-state index contributed by atoms with van der Waals surface area (Å²) in [4.78, 5) is 10.6. The fourth-order valence-electron chi connectivity index (χ4n) is 0.921. The molecule has 0 saturated heterocycles. The standard InChI is InChI=1S/C10H11NO2/c1-7(12)2-3-8-4-5-9(13)6-10(8)11/h2-6,13H,11H2,1H3/b3-2+. The number of rotatable bonds is 2. The average molecular weight is 177 g/mol. The molecule has 3 N–H and O–H groups in total. The normalized spacial score (nSPS) is 10.5. The molecule has 13 heavy (non-hydrogen) atoms. The lowest BCUT2D eigenvalue weighted by molar-refractivity contribution is -0.112. The van der Waals surface area contributed by atoms with Crippen LogP contribution in [-0.2, 0) is 4.79 Å². The maximum absolute atomic E-state index is 10.6. The minimum Gasteiger partial charge on any atom is -0.508 e. The second kappa shape index (κ2) is 3.76. The summed E-state index contributed by atoms with van der Waals surface area (Å²) in [5.74, 6) is 0.0879. The highest BCUT2D eigenvalue weighted by Crippen LogP contribution is 2.19. The lowest BCUT2D eigenvalue weighted by Gasteiger charge is -1.99. The largest absolute Gasteiger partial charge is 0.508 e. The first kappa shape index (κ1) is 9.32. The molecule has 1 aromatic rings. The van der Waals surface area contributed by atoms with Gasteiger partial charge in [0.05, 0.1) is 0 Å². The Morgan fingerprint density at radius 2 is 2.23 bits per heavy atom. The molecule has 0 aromatic heterocycles. The van der Waals surface area contributed by atoms with Gasteiger partial charge in [0, 0.05) is 11.8 Å². The van der Waals surface area contributed by atoms with Crippen LogP contribution >= 0.6 is 0 Å². The van der Waals surface area contributed by atoms with Gasteiger partial charge in [-0.3, -0.25) is 4.79 Å². The molecule has 1 rings (SSSR count). The number of hydrogen-bond donors (Lipinski definition) is 2. The van der Waals surface area contributed by atoms with E-state index < -0.39 is 0 Å². The van der Waals surface area contributed by atoms with Crippen LogP contribution < -0.4 is 5.73 Å². The number of carbonyl (C=O) groups is 1. The highest BCUT2D eigenvalue weighted by Gasteiger charge is 1.96. The summed E-state index contributed by atoms with van der Waals surface area (Å²) in [6.07, 6.45) is 3.06. The number of phenols is 1. The number of ketones is 1. The maximum Gasteiger partial charge on any atom is 0.152 e. The Balaban J connectivity index is 2.96. The SMILES string of the molecule is CC(=O)/C=C/c1ccc(O)cc1N. The van der Waals surface area contributed by atoms with Crippen LogP contribution in [-0.4, -0.2) is 10.9 Å². The number of hydrogen-bond acceptors (Lipinski definition) is 3. The molecule has 0 heterocycles. The van der Waals surface area contributed by atoms with E-state index in [9.17, 15) is 4.79 Å². The maximum atomic E-state index is 10.6. The Bertz CT molecular complexity index is 356. The molecule has 1 aromatic carbocycles. The summed E-state index contributed by atoms with van der Waals surface area (Å²) < 4.78 is 0. The Morgan fingerprint density at radius 1 is 1.54 bits per heavy atom. The molecule has 0 aliphatic heterocycles. The van der Waals surface area contributed by atoms with E-state index in [0.717, 1.165) is 5.56 Å². The van der Waals surface area contributed by atoms with E-state index in [1.807, 2.05) is 0 Å². The molecule has 0 unspecified atom stereocenters. The predicted molar refractivity (Wildman–Crippen MR) is 52.2 cm³/mol. The van der Waals surface area contributed by atoms with Gasteiger partial charge in [0.2, 0.25) is 0 Å². The van der Waals surface area contributed by atoms with Crippen molar-refractivity contribution in [3.63, 3.8) is 0 Å². The van der Waals surface area contributed by atoms with Gasteiger partial charge in [-0.1, -0.05) is 0 Å². The van der Waals surface area contributed by atoms with Gasteiger partial charge in [-0.05, 0) is 36.8 Å². The van der Waals surface area contributed by atoms with Gasteiger partial charge in [-0.25, -0.2) is 0 Å². The molecule has 0 aliphatic carbocycles. The van der Waals surface area contributed by atoms with Crippen LogP contribution in [0.15, 0.2) is 24.3 Å². The van der Waals surface area contributed by atoms with E-state index in [0.29, 0.717) is 5.69 Å². The predicted octanol–water partition coefficient (Wildman–Crippen LogP) is 1.58. The zero-order valence-corrected chi connectivity index (χ0v) is 7.32. The molecular formula is C10H11NO2. The molecule has 3 nitrogen and oxygen atoms in total. The third-order valence-corrected chi connectivity index (χ3v) is 1.57. The monoisotopic (exact) mass is 177 g/mol. The van der Waals surface area contributed by atoms with Crippen molar-refractivity contribution in [1.29, 1.82) is 0 Å². The number of aromatic hydroxyl groups is 1. The zero-order valence-electron chi connectivity index (χ0n) is 7.32. The zero-order chi connectivity index (χ0) is 9.84. The van der Waals surface area contributed by atoms with Crippen molar-refractivity contribution >= 4 is 17.5 Å². The Kier molecular flexibility index (Phi) is 2.69. The average Bonchev–Trinajstić information content (AvgIpc) is 2.02. The topological polar surface area (TPSA) is 63.3 Å². The Morgan fingerprint density at radius 3 is 2.77 bits per heavy atom.